The van der Waals surface area contributed by atoms with Gasteiger partial charge in [-0.05, 0) is 18.8 Å². The lowest BCUT2D eigenvalue weighted by molar-refractivity contribution is -0.132. The number of carbonyl (C=O) groups is 2. The molecule has 1 saturated heterocycles. The molecule has 2 amide bonds. The van der Waals surface area contributed by atoms with Crippen LogP contribution in [0.25, 0.3) is 0 Å². The summed E-state index contributed by atoms with van der Waals surface area (Å²) in [6.45, 7) is 1.75. The van der Waals surface area contributed by atoms with E-state index in [0.29, 0.717) is 25.7 Å². The van der Waals surface area contributed by atoms with Crippen LogP contribution in [0.1, 0.15) is 32.1 Å². The molecule has 2 rings (SSSR count). The second-order valence-electron chi connectivity index (χ2n) is 5.32. The molecule has 19 heavy (non-hydrogen) atoms. The van der Waals surface area contributed by atoms with Gasteiger partial charge in [-0.15, -0.1) is 0 Å². The van der Waals surface area contributed by atoms with E-state index >= 15 is 0 Å². The van der Waals surface area contributed by atoms with Crippen LogP contribution in [0.3, 0.4) is 0 Å². The molecule has 0 radical (unpaired) electrons. The molecule has 0 spiro atoms. The molecule has 0 bridgehead atoms. The highest BCUT2D eigenvalue weighted by molar-refractivity contribution is 5.90. The molecular formula is C13H22N2O4. The van der Waals surface area contributed by atoms with Gasteiger partial charge in [-0.1, -0.05) is 19.3 Å². The molecule has 2 fully saturated rings. The number of rotatable bonds is 6. The van der Waals surface area contributed by atoms with Crippen molar-refractivity contribution >= 4 is 12.0 Å². The van der Waals surface area contributed by atoms with E-state index in [4.69, 9.17) is 9.84 Å². The number of amides is 2. The third kappa shape index (κ3) is 3.83. The zero-order valence-electron chi connectivity index (χ0n) is 11.1. The topological polar surface area (TPSA) is 78.9 Å². The van der Waals surface area contributed by atoms with Crippen LogP contribution in [0.5, 0.6) is 0 Å². The van der Waals surface area contributed by atoms with Crippen LogP contribution in [0.2, 0.25) is 0 Å². The van der Waals surface area contributed by atoms with Gasteiger partial charge in [0.15, 0.2) is 0 Å². The van der Waals surface area contributed by atoms with Gasteiger partial charge in [0.1, 0.15) is 6.04 Å². The maximum Gasteiger partial charge on any atom is 0.408 e. The molecule has 108 valence electrons. The van der Waals surface area contributed by atoms with Crippen molar-refractivity contribution in [3.63, 3.8) is 0 Å². The first-order valence-electron chi connectivity index (χ1n) is 7.03. The van der Waals surface area contributed by atoms with Crippen LogP contribution in [0.4, 0.5) is 4.79 Å². The number of hydrogen-bond acceptors (Lipinski definition) is 3. The summed E-state index contributed by atoms with van der Waals surface area (Å²) in [4.78, 5) is 23.4. The predicted molar refractivity (Wildman–Crippen MR) is 68.9 cm³/mol. The summed E-state index contributed by atoms with van der Waals surface area (Å²) in [5.41, 5.74) is 0. The summed E-state index contributed by atoms with van der Waals surface area (Å²) in [7, 11) is 0. The van der Waals surface area contributed by atoms with E-state index in [2.05, 4.69) is 5.32 Å². The monoisotopic (exact) mass is 270 g/mol. The van der Waals surface area contributed by atoms with Crippen LogP contribution >= 0.6 is 0 Å². The summed E-state index contributed by atoms with van der Waals surface area (Å²) in [5, 5.41) is 11.6. The number of ether oxygens (including phenoxy) is 1. The van der Waals surface area contributed by atoms with Crippen molar-refractivity contribution < 1.29 is 19.4 Å². The largest absolute Gasteiger partial charge is 0.465 e. The Balaban J connectivity index is 1.64. The Morgan fingerprint density at radius 3 is 2.63 bits per heavy atom. The molecule has 1 atom stereocenters. The minimum absolute atomic E-state index is 0.213. The van der Waals surface area contributed by atoms with Gasteiger partial charge < -0.3 is 15.2 Å². The lowest BCUT2D eigenvalue weighted by Gasteiger charge is -2.34. The number of carboxylic acid groups (broad SMARTS) is 1. The minimum Gasteiger partial charge on any atom is -0.465 e. The van der Waals surface area contributed by atoms with Crippen molar-refractivity contribution in [1.82, 2.24) is 10.2 Å². The Kier molecular flexibility index (Phi) is 5.01. The van der Waals surface area contributed by atoms with Crippen molar-refractivity contribution in [3.05, 3.63) is 0 Å². The van der Waals surface area contributed by atoms with Gasteiger partial charge in [0.25, 0.3) is 0 Å². The van der Waals surface area contributed by atoms with Crippen LogP contribution in [0.15, 0.2) is 0 Å². The molecule has 1 aliphatic heterocycles. The van der Waals surface area contributed by atoms with Crippen molar-refractivity contribution in [2.24, 2.45) is 5.92 Å². The minimum atomic E-state index is -1.05. The second kappa shape index (κ2) is 6.75. The standard InChI is InChI=1S/C13H22N2O4/c16-12-11(8-14-12)15(13(17)18)6-7-19-9-10-4-2-1-3-5-10/h10-11H,1-9H2,(H,14,16)(H,17,18). The Morgan fingerprint density at radius 2 is 2.11 bits per heavy atom. The molecule has 0 aromatic carbocycles. The molecule has 1 aliphatic carbocycles. The Morgan fingerprint density at radius 1 is 1.37 bits per heavy atom. The van der Waals surface area contributed by atoms with E-state index in [0.717, 1.165) is 0 Å². The van der Waals surface area contributed by atoms with Crippen LogP contribution < -0.4 is 5.32 Å². The Bertz CT molecular complexity index is 329. The molecule has 6 heteroatoms. The third-order valence-corrected chi connectivity index (χ3v) is 3.95. The molecule has 0 aromatic heterocycles. The van der Waals surface area contributed by atoms with E-state index in [1.807, 2.05) is 0 Å². The SMILES string of the molecule is O=C1NCC1N(CCOCC1CCCCC1)C(=O)O. The highest BCUT2D eigenvalue weighted by Crippen LogP contribution is 2.23. The Labute approximate surface area is 113 Å². The van der Waals surface area contributed by atoms with Crippen LogP contribution in [0, 0.1) is 5.92 Å². The van der Waals surface area contributed by atoms with Crippen LogP contribution in [-0.2, 0) is 9.53 Å². The second-order valence-corrected chi connectivity index (χ2v) is 5.32. The number of carbonyl (C=O) groups excluding carboxylic acids is 1. The smallest absolute Gasteiger partial charge is 0.408 e. The molecule has 1 saturated carbocycles. The lowest BCUT2D eigenvalue weighted by atomic mass is 9.90. The molecule has 2 aliphatic rings. The lowest BCUT2D eigenvalue weighted by Crippen LogP contribution is -2.63. The predicted octanol–water partition coefficient (Wildman–Crippen LogP) is 1.06. The van der Waals surface area contributed by atoms with E-state index in [9.17, 15) is 9.59 Å². The molecule has 1 unspecified atom stereocenters. The Hall–Kier alpha value is -1.30. The maximum atomic E-state index is 11.2. The van der Waals surface area contributed by atoms with E-state index < -0.39 is 12.1 Å². The van der Waals surface area contributed by atoms with Crippen molar-refractivity contribution in [2.45, 2.75) is 38.1 Å². The first-order valence-corrected chi connectivity index (χ1v) is 7.03. The third-order valence-electron chi connectivity index (χ3n) is 3.95. The zero-order chi connectivity index (χ0) is 13.7. The first-order chi connectivity index (χ1) is 9.18. The average molecular weight is 270 g/mol. The summed E-state index contributed by atoms with van der Waals surface area (Å²) in [6, 6.07) is -0.532. The van der Waals surface area contributed by atoms with Gasteiger partial charge >= 0.3 is 6.09 Å². The van der Waals surface area contributed by atoms with Crippen molar-refractivity contribution in [2.75, 3.05) is 26.3 Å². The van der Waals surface area contributed by atoms with E-state index in [1.165, 1.54) is 37.0 Å². The van der Waals surface area contributed by atoms with Gasteiger partial charge in [-0.2, -0.15) is 0 Å². The number of nitrogens with one attached hydrogen (secondary N) is 1. The van der Waals surface area contributed by atoms with Crippen molar-refractivity contribution in [1.29, 1.82) is 0 Å². The number of hydrogen-bond donors (Lipinski definition) is 2. The van der Waals surface area contributed by atoms with Gasteiger partial charge in [-0.25, -0.2) is 4.79 Å². The molecule has 6 nitrogen and oxygen atoms in total. The van der Waals surface area contributed by atoms with Gasteiger partial charge in [0.2, 0.25) is 5.91 Å². The average Bonchev–Trinajstić information content (AvgIpc) is 2.41. The van der Waals surface area contributed by atoms with Gasteiger partial charge in [0, 0.05) is 19.7 Å². The van der Waals surface area contributed by atoms with Gasteiger partial charge in [0.05, 0.1) is 6.61 Å². The first kappa shape index (κ1) is 14.1. The van der Waals surface area contributed by atoms with Crippen LogP contribution in [-0.4, -0.2) is 54.4 Å². The van der Waals surface area contributed by atoms with E-state index in [1.54, 1.807) is 0 Å². The fourth-order valence-corrected chi connectivity index (χ4v) is 2.68. The fourth-order valence-electron chi connectivity index (χ4n) is 2.68. The normalized spacial score (nSPS) is 23.6. The summed E-state index contributed by atoms with van der Waals surface area (Å²) in [6.07, 6.45) is 5.25. The van der Waals surface area contributed by atoms with E-state index in [-0.39, 0.29) is 12.5 Å². The number of β-lactam (4-membered cyclic amide) rings is 1. The highest BCUT2D eigenvalue weighted by atomic mass is 16.5. The summed E-state index contributed by atoms with van der Waals surface area (Å²) < 4.78 is 5.57. The summed E-state index contributed by atoms with van der Waals surface area (Å²) in [5.74, 6) is 0.411. The fraction of sp³-hybridized carbons (Fsp3) is 0.846. The molecular weight excluding hydrogens is 248 g/mol. The number of nitrogens with zero attached hydrogens (tertiary/aromatic N) is 1. The summed E-state index contributed by atoms with van der Waals surface area (Å²) >= 11 is 0. The quantitative estimate of drug-likeness (QED) is 0.559. The van der Waals surface area contributed by atoms with Gasteiger partial charge in [-0.3, -0.25) is 9.69 Å². The maximum absolute atomic E-state index is 11.2. The van der Waals surface area contributed by atoms with Crippen molar-refractivity contribution in [3.8, 4) is 0 Å². The zero-order valence-corrected chi connectivity index (χ0v) is 11.1. The molecule has 1 heterocycles. The molecule has 2 N–H and O–H groups in total. The highest BCUT2D eigenvalue weighted by Gasteiger charge is 2.36. The molecule has 0 aromatic rings.